The highest BCUT2D eigenvalue weighted by Crippen LogP contribution is 2.26. The van der Waals surface area contributed by atoms with Crippen molar-refractivity contribution >= 4 is 33.1 Å². The molecular formula is C17H17N3O2S. The van der Waals surface area contributed by atoms with Crippen LogP contribution in [0.25, 0.3) is 15.9 Å². The number of thiophene rings is 1. The summed E-state index contributed by atoms with van der Waals surface area (Å²) < 4.78 is 1.52. The number of carbonyl (C=O) groups is 1. The number of rotatable bonds is 1. The molecule has 0 bridgehead atoms. The van der Waals surface area contributed by atoms with Gasteiger partial charge in [0.1, 0.15) is 10.5 Å². The molecule has 1 fully saturated rings. The average Bonchev–Trinajstić information content (AvgIpc) is 2.99. The normalized spacial score (nSPS) is 18.7. The molecule has 1 aliphatic heterocycles. The Balaban J connectivity index is 1.82. The van der Waals surface area contributed by atoms with Gasteiger partial charge in [0.05, 0.1) is 10.3 Å². The quantitative estimate of drug-likeness (QED) is 0.690. The lowest BCUT2D eigenvalue weighted by Gasteiger charge is -2.33. The fourth-order valence-electron chi connectivity index (χ4n) is 3.20. The van der Waals surface area contributed by atoms with E-state index in [-0.39, 0.29) is 17.5 Å². The van der Waals surface area contributed by atoms with Crippen molar-refractivity contribution in [3.63, 3.8) is 0 Å². The van der Waals surface area contributed by atoms with E-state index in [1.807, 2.05) is 11.0 Å². The molecule has 1 saturated heterocycles. The van der Waals surface area contributed by atoms with E-state index in [0.717, 1.165) is 19.4 Å². The van der Waals surface area contributed by atoms with Gasteiger partial charge in [-0.3, -0.25) is 14.0 Å². The lowest BCUT2D eigenvalue weighted by Crippen LogP contribution is -2.41. The maximum absolute atomic E-state index is 12.8. The molecule has 0 aliphatic carbocycles. The predicted octanol–water partition coefficient (Wildman–Crippen LogP) is 2.92. The molecule has 4 heterocycles. The van der Waals surface area contributed by atoms with E-state index in [2.05, 4.69) is 11.9 Å². The van der Waals surface area contributed by atoms with Crippen LogP contribution in [0, 0.1) is 0 Å². The number of hydrogen-bond acceptors (Lipinski definition) is 4. The van der Waals surface area contributed by atoms with E-state index < -0.39 is 0 Å². The van der Waals surface area contributed by atoms with Crippen molar-refractivity contribution in [3.8, 4) is 0 Å². The number of piperidine rings is 1. The molecule has 0 N–H and O–H groups in total. The Kier molecular flexibility index (Phi) is 3.41. The van der Waals surface area contributed by atoms with Gasteiger partial charge in [-0.15, -0.1) is 11.3 Å². The van der Waals surface area contributed by atoms with Crippen LogP contribution in [0.3, 0.4) is 0 Å². The monoisotopic (exact) mass is 327 g/mol. The number of amides is 1. The van der Waals surface area contributed by atoms with Gasteiger partial charge in [0.2, 0.25) is 0 Å². The molecule has 3 aromatic rings. The zero-order valence-corrected chi connectivity index (χ0v) is 13.7. The summed E-state index contributed by atoms with van der Waals surface area (Å²) in [5.41, 5.74) is 0.491. The summed E-state index contributed by atoms with van der Waals surface area (Å²) in [7, 11) is 0. The molecule has 1 atom stereocenters. The molecule has 23 heavy (non-hydrogen) atoms. The zero-order chi connectivity index (χ0) is 16.0. The largest absolute Gasteiger partial charge is 0.335 e. The van der Waals surface area contributed by atoms with Crippen LogP contribution in [0.5, 0.6) is 0 Å². The van der Waals surface area contributed by atoms with E-state index in [1.165, 1.54) is 22.2 Å². The summed E-state index contributed by atoms with van der Waals surface area (Å²) in [6, 6.07) is 7.42. The van der Waals surface area contributed by atoms with Crippen molar-refractivity contribution in [2.75, 3.05) is 6.54 Å². The number of fused-ring (bicyclic) bond motifs is 2. The SMILES string of the molecule is C[C@H]1CCCCN1C(=O)c1cc2c(=O)n3ccccc3nc2s1. The minimum absolute atomic E-state index is 0.0219. The molecule has 1 amide bonds. The molecule has 5 nitrogen and oxygen atoms in total. The van der Waals surface area contributed by atoms with E-state index in [1.54, 1.807) is 24.4 Å². The third kappa shape index (κ3) is 2.34. The van der Waals surface area contributed by atoms with Gasteiger partial charge >= 0.3 is 0 Å². The van der Waals surface area contributed by atoms with Crippen molar-refractivity contribution in [1.29, 1.82) is 0 Å². The molecule has 1 aliphatic rings. The molecule has 4 rings (SSSR count). The number of likely N-dealkylation sites (tertiary alicyclic amines) is 1. The second kappa shape index (κ2) is 5.45. The van der Waals surface area contributed by atoms with Crippen LogP contribution in [0.2, 0.25) is 0 Å². The average molecular weight is 327 g/mol. The molecule has 0 unspecified atom stereocenters. The van der Waals surface area contributed by atoms with Crippen molar-refractivity contribution in [1.82, 2.24) is 14.3 Å². The third-order valence-corrected chi connectivity index (χ3v) is 5.51. The summed E-state index contributed by atoms with van der Waals surface area (Å²) in [4.78, 5) is 33.0. The smallest absolute Gasteiger partial charge is 0.266 e. The number of carbonyl (C=O) groups excluding carboxylic acids is 1. The summed E-state index contributed by atoms with van der Waals surface area (Å²) in [6.45, 7) is 2.88. The molecule has 3 aromatic heterocycles. The van der Waals surface area contributed by atoms with Gasteiger partial charge in [-0.2, -0.15) is 0 Å². The molecule has 0 spiro atoms. The molecule has 0 aromatic carbocycles. The Morgan fingerprint density at radius 1 is 1.35 bits per heavy atom. The first kappa shape index (κ1) is 14.4. The van der Waals surface area contributed by atoms with Gasteiger partial charge in [-0.25, -0.2) is 4.98 Å². The Morgan fingerprint density at radius 2 is 2.22 bits per heavy atom. The van der Waals surface area contributed by atoms with Crippen molar-refractivity contribution < 1.29 is 4.79 Å². The molecule has 0 saturated carbocycles. The Bertz CT molecular complexity index is 959. The molecule has 0 radical (unpaired) electrons. The van der Waals surface area contributed by atoms with Crippen LogP contribution in [0.1, 0.15) is 35.9 Å². The standard InChI is InChI=1S/C17H17N3O2S/c1-11-6-2-4-8-19(11)17(22)13-10-12-15(23-13)18-14-7-3-5-9-20(14)16(12)21/h3,5,7,9-11H,2,4,6,8H2,1H3/t11-/m0/s1. The summed E-state index contributed by atoms with van der Waals surface area (Å²) >= 11 is 1.31. The van der Waals surface area contributed by atoms with E-state index in [9.17, 15) is 9.59 Å². The van der Waals surface area contributed by atoms with E-state index in [0.29, 0.717) is 20.7 Å². The Morgan fingerprint density at radius 3 is 3.04 bits per heavy atom. The highest BCUT2D eigenvalue weighted by molar-refractivity contribution is 7.20. The number of aromatic nitrogens is 2. The Labute approximate surface area is 137 Å². The fraction of sp³-hybridized carbons (Fsp3) is 0.353. The molecule has 6 heteroatoms. The van der Waals surface area contributed by atoms with Gasteiger partial charge in [0.25, 0.3) is 11.5 Å². The third-order valence-electron chi connectivity index (χ3n) is 4.49. The summed E-state index contributed by atoms with van der Waals surface area (Å²) in [5.74, 6) is 0.0219. The van der Waals surface area contributed by atoms with Gasteiger partial charge in [-0.1, -0.05) is 6.07 Å². The maximum Gasteiger partial charge on any atom is 0.266 e. The van der Waals surface area contributed by atoms with Crippen LogP contribution >= 0.6 is 11.3 Å². The molecule has 118 valence electrons. The maximum atomic E-state index is 12.8. The van der Waals surface area contributed by atoms with Gasteiger partial charge in [0, 0.05) is 18.8 Å². The molecular weight excluding hydrogens is 310 g/mol. The first-order valence-corrected chi connectivity index (χ1v) is 8.69. The number of nitrogens with zero attached hydrogens (tertiary/aromatic N) is 3. The second-order valence-electron chi connectivity index (χ2n) is 6.02. The first-order valence-electron chi connectivity index (χ1n) is 7.87. The number of pyridine rings is 1. The summed E-state index contributed by atoms with van der Waals surface area (Å²) in [6.07, 6.45) is 4.97. The van der Waals surface area contributed by atoms with E-state index >= 15 is 0 Å². The minimum atomic E-state index is -0.118. The van der Waals surface area contributed by atoms with Gasteiger partial charge < -0.3 is 4.90 Å². The second-order valence-corrected chi connectivity index (χ2v) is 7.05. The van der Waals surface area contributed by atoms with Gasteiger partial charge in [0.15, 0.2) is 0 Å². The highest BCUT2D eigenvalue weighted by Gasteiger charge is 2.26. The topological polar surface area (TPSA) is 54.7 Å². The lowest BCUT2D eigenvalue weighted by atomic mass is 10.0. The predicted molar refractivity (Wildman–Crippen MR) is 91.2 cm³/mol. The highest BCUT2D eigenvalue weighted by atomic mass is 32.1. The van der Waals surface area contributed by atoms with Crippen LogP contribution < -0.4 is 5.56 Å². The van der Waals surface area contributed by atoms with Crippen molar-refractivity contribution in [2.45, 2.75) is 32.2 Å². The lowest BCUT2D eigenvalue weighted by molar-refractivity contribution is 0.0641. The summed E-state index contributed by atoms with van der Waals surface area (Å²) in [5, 5.41) is 0.520. The Hall–Kier alpha value is -2.21. The fourth-order valence-corrected chi connectivity index (χ4v) is 4.18. The number of hydrogen-bond donors (Lipinski definition) is 0. The van der Waals surface area contributed by atoms with Crippen LogP contribution in [0.15, 0.2) is 35.3 Å². The van der Waals surface area contributed by atoms with E-state index in [4.69, 9.17) is 0 Å². The first-order chi connectivity index (χ1) is 11.1. The van der Waals surface area contributed by atoms with Crippen LogP contribution in [0.4, 0.5) is 0 Å². The van der Waals surface area contributed by atoms with Crippen molar-refractivity contribution in [3.05, 3.63) is 45.7 Å². The minimum Gasteiger partial charge on any atom is -0.335 e. The van der Waals surface area contributed by atoms with Crippen molar-refractivity contribution in [2.24, 2.45) is 0 Å². The van der Waals surface area contributed by atoms with Gasteiger partial charge in [-0.05, 0) is 44.4 Å². The van der Waals surface area contributed by atoms with Crippen LogP contribution in [-0.4, -0.2) is 32.8 Å². The zero-order valence-electron chi connectivity index (χ0n) is 12.9. The van der Waals surface area contributed by atoms with Crippen LogP contribution in [-0.2, 0) is 0 Å².